The molecule has 72 valence electrons. The van der Waals surface area contributed by atoms with Crippen molar-refractivity contribution in [2.24, 2.45) is 5.41 Å². The minimum atomic E-state index is -0.674. The lowest BCUT2D eigenvalue weighted by atomic mass is 9.96. The largest absolute Gasteiger partial charge is 0.311 e. The summed E-state index contributed by atoms with van der Waals surface area (Å²) in [5, 5.41) is 5.07. The summed E-state index contributed by atoms with van der Waals surface area (Å²) < 4.78 is 17.4. The van der Waals surface area contributed by atoms with Crippen LogP contribution in [0.5, 0.6) is 0 Å². The number of aromatic nitrogens is 1. The Morgan fingerprint density at radius 3 is 2.92 bits per heavy atom. The molecule has 1 aliphatic carbocycles. The molecule has 1 aromatic heterocycles. The Balaban J connectivity index is 2.20. The molecule has 3 atom stereocenters. The number of hydrogen-bond acceptors (Lipinski definition) is 3. The fourth-order valence-corrected chi connectivity index (χ4v) is 2.36. The minimum absolute atomic E-state index is 0.0637. The van der Waals surface area contributed by atoms with E-state index < -0.39 is 6.17 Å². The Hall–Kier alpha value is -0.480. The van der Waals surface area contributed by atoms with Crippen LogP contribution >= 0.6 is 11.5 Å². The van der Waals surface area contributed by atoms with Gasteiger partial charge in [0, 0.05) is 10.8 Å². The molecule has 0 saturated heterocycles. The molecular weight excluding hydrogens is 187 g/mol. The molecule has 3 unspecified atom stereocenters. The number of rotatable bonds is 3. The normalized spacial score (nSPS) is 34.5. The third-order valence-corrected chi connectivity index (χ3v) is 3.45. The second-order valence-electron chi connectivity index (χ2n) is 3.82. The smallest absolute Gasteiger partial charge is 0.108 e. The second-order valence-corrected chi connectivity index (χ2v) is 4.49. The van der Waals surface area contributed by atoms with Crippen LogP contribution in [-0.2, 0) is 0 Å². The predicted octanol–water partition coefficient (Wildman–Crippen LogP) is 2.15. The van der Waals surface area contributed by atoms with Crippen LogP contribution in [0.15, 0.2) is 11.4 Å². The zero-order valence-electron chi connectivity index (χ0n) is 7.75. The van der Waals surface area contributed by atoms with E-state index in [1.54, 1.807) is 0 Å². The van der Waals surface area contributed by atoms with E-state index in [-0.39, 0.29) is 11.5 Å². The van der Waals surface area contributed by atoms with Crippen molar-refractivity contribution in [3.63, 3.8) is 0 Å². The van der Waals surface area contributed by atoms with E-state index in [2.05, 4.69) is 9.69 Å². The zero-order valence-corrected chi connectivity index (χ0v) is 8.57. The predicted molar refractivity (Wildman–Crippen MR) is 51.5 cm³/mol. The molecular formula is C9H13FN2S. The molecule has 0 spiro atoms. The highest BCUT2D eigenvalue weighted by Crippen LogP contribution is 2.56. The van der Waals surface area contributed by atoms with E-state index in [0.29, 0.717) is 6.42 Å². The van der Waals surface area contributed by atoms with E-state index in [1.165, 1.54) is 11.5 Å². The Kier molecular flexibility index (Phi) is 2.12. The summed E-state index contributed by atoms with van der Waals surface area (Å²) in [7, 11) is 1.86. The third-order valence-electron chi connectivity index (χ3n) is 2.88. The number of nitrogens with zero attached hydrogens (tertiary/aromatic N) is 1. The SMILES string of the molecule is CNC(c1ccsn1)C1(C)CC1F. The van der Waals surface area contributed by atoms with Crippen molar-refractivity contribution in [1.82, 2.24) is 9.69 Å². The van der Waals surface area contributed by atoms with Crippen LogP contribution in [0.2, 0.25) is 0 Å². The highest BCUT2D eigenvalue weighted by molar-refractivity contribution is 7.03. The summed E-state index contributed by atoms with van der Waals surface area (Å²) >= 11 is 1.42. The first kappa shape index (κ1) is 9.09. The van der Waals surface area contributed by atoms with Crippen LogP contribution in [-0.4, -0.2) is 17.6 Å². The molecule has 1 N–H and O–H groups in total. The van der Waals surface area contributed by atoms with Gasteiger partial charge in [-0.3, -0.25) is 0 Å². The first-order valence-electron chi connectivity index (χ1n) is 4.40. The van der Waals surface area contributed by atoms with Gasteiger partial charge in [0.25, 0.3) is 0 Å². The van der Waals surface area contributed by atoms with Crippen molar-refractivity contribution in [3.8, 4) is 0 Å². The maximum atomic E-state index is 13.1. The van der Waals surface area contributed by atoms with Crippen molar-refractivity contribution in [3.05, 3.63) is 17.1 Å². The average molecular weight is 200 g/mol. The minimum Gasteiger partial charge on any atom is -0.311 e. The Morgan fingerprint density at radius 1 is 1.85 bits per heavy atom. The lowest BCUT2D eigenvalue weighted by Gasteiger charge is -2.20. The van der Waals surface area contributed by atoms with E-state index in [4.69, 9.17) is 0 Å². The van der Waals surface area contributed by atoms with Gasteiger partial charge in [-0.15, -0.1) is 0 Å². The van der Waals surface area contributed by atoms with Gasteiger partial charge in [-0.1, -0.05) is 6.92 Å². The maximum absolute atomic E-state index is 13.1. The van der Waals surface area contributed by atoms with E-state index in [1.807, 2.05) is 25.4 Å². The molecule has 1 aliphatic rings. The first-order valence-corrected chi connectivity index (χ1v) is 5.24. The Bertz CT molecular complexity index is 288. The van der Waals surface area contributed by atoms with Crippen molar-refractivity contribution < 1.29 is 4.39 Å². The monoisotopic (exact) mass is 200 g/mol. The lowest BCUT2D eigenvalue weighted by molar-refractivity contribution is 0.301. The number of alkyl halides is 1. The fourth-order valence-electron chi connectivity index (χ4n) is 1.81. The third kappa shape index (κ3) is 1.38. The summed E-state index contributed by atoms with van der Waals surface area (Å²) in [5.41, 5.74) is 0.734. The number of hydrogen-bond donors (Lipinski definition) is 1. The first-order chi connectivity index (χ1) is 6.18. The molecule has 1 heterocycles. The molecule has 13 heavy (non-hydrogen) atoms. The summed E-state index contributed by atoms with van der Waals surface area (Å²) in [4.78, 5) is 0. The summed E-state index contributed by atoms with van der Waals surface area (Å²) in [5.74, 6) is 0. The lowest BCUT2D eigenvalue weighted by Crippen LogP contribution is -2.26. The van der Waals surface area contributed by atoms with Crippen molar-refractivity contribution >= 4 is 11.5 Å². The second kappa shape index (κ2) is 3.03. The average Bonchev–Trinajstić information content (AvgIpc) is 2.56. The van der Waals surface area contributed by atoms with Gasteiger partial charge < -0.3 is 5.32 Å². The highest BCUT2D eigenvalue weighted by atomic mass is 32.1. The van der Waals surface area contributed by atoms with Gasteiger partial charge in [-0.05, 0) is 31.1 Å². The molecule has 2 rings (SSSR count). The molecule has 1 saturated carbocycles. The molecule has 0 amide bonds. The zero-order chi connectivity index (χ0) is 9.47. The van der Waals surface area contributed by atoms with Crippen LogP contribution in [0.25, 0.3) is 0 Å². The summed E-state index contributed by atoms with van der Waals surface area (Å²) in [6.07, 6.45) is -0.0256. The molecule has 0 radical (unpaired) electrons. The van der Waals surface area contributed by atoms with Crippen LogP contribution in [0.1, 0.15) is 25.1 Å². The fraction of sp³-hybridized carbons (Fsp3) is 0.667. The molecule has 0 bridgehead atoms. The van der Waals surface area contributed by atoms with Gasteiger partial charge in [-0.25, -0.2) is 4.39 Å². The quantitative estimate of drug-likeness (QED) is 0.808. The van der Waals surface area contributed by atoms with Gasteiger partial charge in [0.1, 0.15) is 6.17 Å². The molecule has 2 nitrogen and oxygen atoms in total. The molecule has 0 aromatic carbocycles. The van der Waals surface area contributed by atoms with E-state index >= 15 is 0 Å². The topological polar surface area (TPSA) is 24.9 Å². The van der Waals surface area contributed by atoms with Crippen LogP contribution in [0, 0.1) is 5.41 Å². The number of halogens is 1. The molecule has 4 heteroatoms. The van der Waals surface area contributed by atoms with Crippen molar-refractivity contribution in [2.75, 3.05) is 7.05 Å². The molecule has 0 aliphatic heterocycles. The maximum Gasteiger partial charge on any atom is 0.108 e. The Labute approximate surface area is 81.3 Å². The van der Waals surface area contributed by atoms with Crippen LogP contribution in [0.4, 0.5) is 4.39 Å². The summed E-state index contributed by atoms with van der Waals surface area (Å²) in [6, 6.07) is 2.02. The standard InChI is InChI=1S/C9H13FN2S/c1-9(5-7(9)10)8(11-2)6-3-4-13-12-6/h3-4,7-8,11H,5H2,1-2H3. The Morgan fingerprint density at radius 2 is 2.54 bits per heavy atom. The molecule has 1 fully saturated rings. The van der Waals surface area contributed by atoms with E-state index in [9.17, 15) is 4.39 Å². The molecule has 1 aromatic rings. The van der Waals surface area contributed by atoms with Crippen molar-refractivity contribution in [2.45, 2.75) is 25.6 Å². The van der Waals surface area contributed by atoms with Gasteiger partial charge >= 0.3 is 0 Å². The van der Waals surface area contributed by atoms with Gasteiger partial charge in [-0.2, -0.15) is 4.37 Å². The van der Waals surface area contributed by atoms with Crippen LogP contribution in [0.3, 0.4) is 0 Å². The highest BCUT2D eigenvalue weighted by Gasteiger charge is 2.56. The number of nitrogens with one attached hydrogen (secondary N) is 1. The summed E-state index contributed by atoms with van der Waals surface area (Å²) in [6.45, 7) is 1.97. The van der Waals surface area contributed by atoms with Gasteiger partial charge in [0.2, 0.25) is 0 Å². The van der Waals surface area contributed by atoms with Crippen molar-refractivity contribution in [1.29, 1.82) is 0 Å². The van der Waals surface area contributed by atoms with E-state index in [0.717, 1.165) is 5.69 Å². The van der Waals surface area contributed by atoms with Gasteiger partial charge in [0.15, 0.2) is 0 Å². The van der Waals surface area contributed by atoms with Gasteiger partial charge in [0.05, 0.1) is 11.7 Å². The van der Waals surface area contributed by atoms with Crippen LogP contribution < -0.4 is 5.32 Å².